The fraction of sp³-hybridized carbons (Fsp3) is 0.556. The Bertz CT molecular complexity index is 561. The first-order valence-corrected chi connectivity index (χ1v) is 8.17. The summed E-state index contributed by atoms with van der Waals surface area (Å²) in [6, 6.07) is 5.69. The van der Waals surface area contributed by atoms with Gasteiger partial charge in [-0.1, -0.05) is 19.1 Å². The Kier molecular flexibility index (Phi) is 5.64. The van der Waals surface area contributed by atoms with E-state index in [1.165, 1.54) is 0 Å². The van der Waals surface area contributed by atoms with Crippen molar-refractivity contribution in [2.45, 2.75) is 40.0 Å². The minimum atomic E-state index is -1.29. The zero-order valence-corrected chi connectivity index (χ0v) is 14.0. The van der Waals surface area contributed by atoms with Crippen LogP contribution in [0, 0.1) is 5.41 Å². The Morgan fingerprint density at radius 2 is 1.70 bits per heavy atom. The van der Waals surface area contributed by atoms with Gasteiger partial charge in [-0.25, -0.2) is 0 Å². The zero-order chi connectivity index (χ0) is 16.9. The smallest absolute Gasteiger partial charge is 0.324 e. The van der Waals surface area contributed by atoms with Gasteiger partial charge in [0.05, 0.1) is 19.8 Å². The predicted molar refractivity (Wildman–Crippen MR) is 85.3 cm³/mol. The van der Waals surface area contributed by atoms with Crippen molar-refractivity contribution in [1.29, 1.82) is 0 Å². The highest BCUT2D eigenvalue weighted by Gasteiger charge is 2.53. The van der Waals surface area contributed by atoms with Crippen molar-refractivity contribution in [1.82, 2.24) is 0 Å². The molecule has 5 heteroatoms. The molecule has 0 fully saturated rings. The van der Waals surface area contributed by atoms with E-state index < -0.39 is 17.4 Å². The molecule has 1 aromatic rings. The second-order valence-electron chi connectivity index (χ2n) is 5.62. The minimum absolute atomic E-state index is 0.232. The fourth-order valence-corrected chi connectivity index (χ4v) is 2.92. The van der Waals surface area contributed by atoms with Crippen LogP contribution in [0.1, 0.15) is 38.3 Å². The molecule has 0 aliphatic heterocycles. The third-order valence-electron chi connectivity index (χ3n) is 3.99. The average molecular weight is 320 g/mol. The summed E-state index contributed by atoms with van der Waals surface area (Å²) in [5.41, 5.74) is 0.557. The summed E-state index contributed by atoms with van der Waals surface area (Å²) in [7, 11) is 0. The van der Waals surface area contributed by atoms with Gasteiger partial charge in [0.25, 0.3) is 0 Å². The number of carbonyl (C=O) groups is 2. The topological polar surface area (TPSA) is 61.8 Å². The lowest BCUT2D eigenvalue weighted by Gasteiger charge is -2.24. The van der Waals surface area contributed by atoms with Gasteiger partial charge in [-0.15, -0.1) is 0 Å². The van der Waals surface area contributed by atoms with Crippen LogP contribution in [-0.4, -0.2) is 31.8 Å². The molecular weight excluding hydrogens is 296 g/mol. The van der Waals surface area contributed by atoms with Crippen molar-refractivity contribution in [2.75, 3.05) is 19.8 Å². The monoisotopic (exact) mass is 320 g/mol. The molecule has 0 heterocycles. The molecular formula is C18H24O5. The number of esters is 2. The predicted octanol–water partition coefficient (Wildman–Crippen LogP) is 2.69. The van der Waals surface area contributed by atoms with Crippen LogP contribution in [0.3, 0.4) is 0 Å². The number of rotatable bonds is 7. The van der Waals surface area contributed by atoms with Crippen LogP contribution >= 0.6 is 0 Å². The number of ether oxygens (including phenoxy) is 3. The van der Waals surface area contributed by atoms with Crippen molar-refractivity contribution in [2.24, 2.45) is 5.41 Å². The quantitative estimate of drug-likeness (QED) is 0.571. The van der Waals surface area contributed by atoms with Crippen molar-refractivity contribution in [3.05, 3.63) is 29.3 Å². The molecule has 0 amide bonds. The first kappa shape index (κ1) is 17.3. The maximum Gasteiger partial charge on any atom is 0.324 e. The third-order valence-corrected chi connectivity index (χ3v) is 3.99. The van der Waals surface area contributed by atoms with Gasteiger partial charge in [0.15, 0.2) is 5.41 Å². The molecule has 2 rings (SSSR count). The molecule has 0 N–H and O–H groups in total. The van der Waals surface area contributed by atoms with Gasteiger partial charge in [-0.05, 0) is 43.9 Å². The van der Waals surface area contributed by atoms with E-state index in [0.29, 0.717) is 13.0 Å². The van der Waals surface area contributed by atoms with Crippen LogP contribution in [0.2, 0.25) is 0 Å². The van der Waals surface area contributed by atoms with Crippen molar-refractivity contribution >= 4 is 11.9 Å². The molecule has 0 radical (unpaired) electrons. The molecule has 0 saturated carbocycles. The maximum atomic E-state index is 12.5. The Balaban J connectivity index is 2.36. The van der Waals surface area contributed by atoms with Gasteiger partial charge in [0.2, 0.25) is 0 Å². The molecule has 0 saturated heterocycles. The Morgan fingerprint density at radius 3 is 2.26 bits per heavy atom. The molecule has 23 heavy (non-hydrogen) atoms. The SMILES string of the molecule is CCCOc1cccc2c1CC(C(=O)OCC)(C(=O)OCC)C2. The molecule has 1 aliphatic carbocycles. The highest BCUT2D eigenvalue weighted by Crippen LogP contribution is 2.43. The molecule has 0 spiro atoms. The summed E-state index contributed by atoms with van der Waals surface area (Å²) >= 11 is 0. The summed E-state index contributed by atoms with van der Waals surface area (Å²) in [5, 5.41) is 0. The summed E-state index contributed by atoms with van der Waals surface area (Å²) in [4.78, 5) is 25.0. The van der Waals surface area contributed by atoms with Gasteiger partial charge >= 0.3 is 11.9 Å². The normalized spacial score (nSPS) is 14.9. The van der Waals surface area contributed by atoms with E-state index in [1.54, 1.807) is 13.8 Å². The summed E-state index contributed by atoms with van der Waals surface area (Å²) in [6.07, 6.45) is 1.45. The first-order valence-electron chi connectivity index (χ1n) is 8.17. The van der Waals surface area contributed by atoms with Gasteiger partial charge < -0.3 is 14.2 Å². The lowest BCUT2D eigenvalue weighted by atomic mass is 9.84. The van der Waals surface area contributed by atoms with E-state index in [0.717, 1.165) is 23.3 Å². The van der Waals surface area contributed by atoms with Crippen LogP contribution in [-0.2, 0) is 31.9 Å². The second-order valence-corrected chi connectivity index (χ2v) is 5.62. The highest BCUT2D eigenvalue weighted by molar-refractivity contribution is 6.01. The molecule has 0 bridgehead atoms. The lowest BCUT2D eigenvalue weighted by Crippen LogP contribution is -2.43. The summed E-state index contributed by atoms with van der Waals surface area (Å²) < 4.78 is 16.1. The Morgan fingerprint density at radius 1 is 1.04 bits per heavy atom. The van der Waals surface area contributed by atoms with Crippen LogP contribution in [0.5, 0.6) is 5.75 Å². The van der Waals surface area contributed by atoms with E-state index in [1.807, 2.05) is 25.1 Å². The van der Waals surface area contributed by atoms with Gasteiger partial charge in [0.1, 0.15) is 5.75 Å². The molecule has 5 nitrogen and oxygen atoms in total. The van der Waals surface area contributed by atoms with E-state index in [4.69, 9.17) is 14.2 Å². The first-order chi connectivity index (χ1) is 11.1. The Hall–Kier alpha value is -2.04. The number of hydrogen-bond acceptors (Lipinski definition) is 5. The van der Waals surface area contributed by atoms with Crippen LogP contribution in [0.15, 0.2) is 18.2 Å². The lowest BCUT2D eigenvalue weighted by molar-refractivity contribution is -0.171. The number of carbonyl (C=O) groups excluding carboxylic acids is 2. The van der Waals surface area contributed by atoms with E-state index >= 15 is 0 Å². The Labute approximate surface area is 136 Å². The van der Waals surface area contributed by atoms with Gasteiger partial charge in [-0.3, -0.25) is 9.59 Å². The van der Waals surface area contributed by atoms with Crippen LogP contribution < -0.4 is 4.74 Å². The number of fused-ring (bicyclic) bond motifs is 1. The second kappa shape index (κ2) is 7.49. The van der Waals surface area contributed by atoms with Crippen molar-refractivity contribution in [3.63, 3.8) is 0 Å². The molecule has 0 atom stereocenters. The van der Waals surface area contributed by atoms with Gasteiger partial charge in [0, 0.05) is 6.42 Å². The number of benzene rings is 1. The summed E-state index contributed by atoms with van der Waals surface area (Å²) in [6.45, 7) is 6.56. The zero-order valence-electron chi connectivity index (χ0n) is 14.0. The molecule has 126 valence electrons. The van der Waals surface area contributed by atoms with Crippen molar-refractivity contribution < 1.29 is 23.8 Å². The third kappa shape index (κ3) is 3.33. The largest absolute Gasteiger partial charge is 0.493 e. The summed E-state index contributed by atoms with van der Waals surface area (Å²) in [5.74, 6) is -0.299. The average Bonchev–Trinajstić information content (AvgIpc) is 2.95. The van der Waals surface area contributed by atoms with Crippen LogP contribution in [0.4, 0.5) is 0 Å². The van der Waals surface area contributed by atoms with E-state index in [9.17, 15) is 9.59 Å². The van der Waals surface area contributed by atoms with Crippen molar-refractivity contribution in [3.8, 4) is 5.75 Å². The fourth-order valence-electron chi connectivity index (χ4n) is 2.92. The maximum absolute atomic E-state index is 12.5. The van der Waals surface area contributed by atoms with E-state index in [2.05, 4.69) is 0 Å². The van der Waals surface area contributed by atoms with Crippen LogP contribution in [0.25, 0.3) is 0 Å². The molecule has 1 aliphatic rings. The minimum Gasteiger partial charge on any atom is -0.493 e. The number of hydrogen-bond donors (Lipinski definition) is 0. The standard InChI is InChI=1S/C18H24O5/c1-4-10-23-15-9-7-8-13-11-18(12-14(13)15,16(19)21-5-2)17(20)22-6-3/h7-9H,4-6,10-12H2,1-3H3. The molecule has 0 unspecified atom stereocenters. The molecule has 1 aromatic carbocycles. The van der Waals surface area contributed by atoms with E-state index in [-0.39, 0.29) is 19.6 Å². The van der Waals surface area contributed by atoms with Gasteiger partial charge in [-0.2, -0.15) is 0 Å². The molecule has 0 aromatic heterocycles. The highest BCUT2D eigenvalue weighted by atomic mass is 16.6.